The van der Waals surface area contributed by atoms with Crippen LogP contribution in [0.2, 0.25) is 0 Å². The van der Waals surface area contributed by atoms with E-state index in [0.717, 1.165) is 6.92 Å². The predicted molar refractivity (Wildman–Crippen MR) is 62.2 cm³/mol. The molecule has 0 aliphatic rings. The summed E-state index contributed by atoms with van der Waals surface area (Å²) in [5.74, 6) is -0.833. The van der Waals surface area contributed by atoms with Crippen molar-refractivity contribution in [1.82, 2.24) is 0 Å². The maximum absolute atomic E-state index is 9.00. The number of rotatable bonds is 1. The molecule has 0 saturated carbocycles. The molecule has 0 aromatic heterocycles. The molecule has 2 atom stereocenters. The number of hydrogen-bond acceptors (Lipinski definition) is 5. The Bertz CT molecular complexity index is 102. The largest absolute Gasteiger partial charge is 0.481 e. The molecule has 0 rings (SSSR count). The van der Waals surface area contributed by atoms with Gasteiger partial charge in [0.1, 0.15) is 0 Å². The number of carboxylic acids is 1. The molecule has 0 aliphatic heterocycles. The van der Waals surface area contributed by atoms with Crippen LogP contribution in [0.5, 0.6) is 0 Å². The van der Waals surface area contributed by atoms with E-state index in [1.165, 1.54) is 0 Å². The van der Waals surface area contributed by atoms with Gasteiger partial charge in [0.15, 0.2) is 0 Å². The van der Waals surface area contributed by atoms with Crippen LogP contribution in [0.4, 0.5) is 0 Å². The average Bonchev–Trinajstić information content (AvgIpc) is 2.05. The van der Waals surface area contributed by atoms with Gasteiger partial charge in [0, 0.05) is 20.1 Å². The minimum atomic E-state index is -0.833. The molecule has 2 unspecified atom stereocenters. The fourth-order valence-electron chi connectivity index (χ4n) is 0. The molecule has 0 bridgehead atoms. The molecular formula is C10H26O6. The quantitative estimate of drug-likeness (QED) is 0.436. The molecule has 0 aromatic rings. The maximum atomic E-state index is 9.00. The molecule has 0 fully saturated rings. The summed E-state index contributed by atoms with van der Waals surface area (Å²) < 4.78 is 0. The van der Waals surface area contributed by atoms with Crippen molar-refractivity contribution in [3.8, 4) is 0 Å². The van der Waals surface area contributed by atoms with Crippen LogP contribution in [-0.4, -0.2) is 56.9 Å². The monoisotopic (exact) mass is 242 g/mol. The number of carbonyl (C=O) groups is 1. The second kappa shape index (κ2) is 23.8. The van der Waals surface area contributed by atoms with Gasteiger partial charge in [-0.15, -0.1) is 0 Å². The third-order valence-electron chi connectivity index (χ3n) is 0.698. The minimum absolute atomic E-state index is 0.250. The normalized spacial score (nSPS) is 11.3. The van der Waals surface area contributed by atoms with Crippen LogP contribution in [0.15, 0.2) is 0 Å². The van der Waals surface area contributed by atoms with Gasteiger partial charge in [0.05, 0.1) is 12.2 Å². The Morgan fingerprint density at radius 3 is 1.06 bits per heavy atom. The zero-order valence-electron chi connectivity index (χ0n) is 10.7. The highest BCUT2D eigenvalue weighted by Crippen LogP contribution is 1.85. The smallest absolute Gasteiger partial charge is 0.300 e. The van der Waals surface area contributed by atoms with E-state index < -0.39 is 18.2 Å². The van der Waals surface area contributed by atoms with Gasteiger partial charge in [-0.1, -0.05) is 0 Å². The molecule has 5 N–H and O–H groups in total. The minimum Gasteiger partial charge on any atom is -0.481 e. The third-order valence-corrected chi connectivity index (χ3v) is 0.698. The molecule has 6 nitrogen and oxygen atoms in total. The van der Waals surface area contributed by atoms with Crippen LogP contribution in [0, 0.1) is 0 Å². The van der Waals surface area contributed by atoms with Crippen molar-refractivity contribution in [3.63, 3.8) is 0 Å². The van der Waals surface area contributed by atoms with Crippen LogP contribution < -0.4 is 0 Å². The van der Waals surface area contributed by atoms with Gasteiger partial charge in [0.2, 0.25) is 0 Å². The van der Waals surface area contributed by atoms with E-state index in [1.54, 1.807) is 27.7 Å². The van der Waals surface area contributed by atoms with Gasteiger partial charge in [0.25, 0.3) is 5.97 Å². The Labute approximate surface area is 97.2 Å². The highest BCUT2D eigenvalue weighted by Gasteiger charge is 1.99. The Morgan fingerprint density at radius 1 is 1.00 bits per heavy atom. The Balaban J connectivity index is -0.0000000635. The van der Waals surface area contributed by atoms with E-state index in [1.807, 2.05) is 0 Å². The van der Waals surface area contributed by atoms with Gasteiger partial charge < -0.3 is 25.5 Å². The van der Waals surface area contributed by atoms with E-state index in [0.29, 0.717) is 0 Å². The van der Waals surface area contributed by atoms with Crippen molar-refractivity contribution < 1.29 is 30.3 Å². The lowest BCUT2D eigenvalue weighted by atomic mass is 10.3. The first-order chi connectivity index (χ1) is 7.20. The molecular weight excluding hydrogens is 216 g/mol. The number of carboxylic acid groups (broad SMARTS) is 1. The lowest BCUT2D eigenvalue weighted by Crippen LogP contribution is -2.17. The van der Waals surface area contributed by atoms with Crippen LogP contribution in [0.25, 0.3) is 0 Å². The molecule has 6 heteroatoms. The predicted octanol–water partition coefficient (Wildman–Crippen LogP) is -0.164. The lowest BCUT2D eigenvalue weighted by molar-refractivity contribution is -0.134. The second-order valence-electron chi connectivity index (χ2n) is 2.63. The standard InChI is InChI=1S/C4H10O2.C2H4O2.2C2H6O/c1-3(5)4(2)6;1-2(3)4;2*1-2-3/h3-6H,1-2H3;1H3,(H,3,4);2*3H,2H2,1H3. The first-order valence-corrected chi connectivity index (χ1v) is 4.98. The molecule has 0 aliphatic carbocycles. The summed E-state index contributed by atoms with van der Waals surface area (Å²) in [6.07, 6.45) is -1.19. The van der Waals surface area contributed by atoms with Crippen LogP contribution >= 0.6 is 0 Å². The average molecular weight is 242 g/mol. The number of aliphatic hydroxyl groups is 4. The van der Waals surface area contributed by atoms with Gasteiger partial charge >= 0.3 is 0 Å². The third kappa shape index (κ3) is 184. The molecule has 0 spiro atoms. The van der Waals surface area contributed by atoms with Crippen molar-refractivity contribution in [1.29, 1.82) is 0 Å². The summed E-state index contributed by atoms with van der Waals surface area (Å²) in [6.45, 7) is 8.04. The SMILES string of the molecule is CC(=O)O.CC(O)C(C)O.CCO.CCO. The zero-order valence-corrected chi connectivity index (χ0v) is 10.7. The topological polar surface area (TPSA) is 118 Å². The summed E-state index contributed by atoms with van der Waals surface area (Å²) in [4.78, 5) is 9.00. The number of aliphatic carboxylic acids is 1. The van der Waals surface area contributed by atoms with Crippen molar-refractivity contribution in [2.45, 2.75) is 46.8 Å². The van der Waals surface area contributed by atoms with Gasteiger partial charge in [-0.25, -0.2) is 0 Å². The summed E-state index contributed by atoms with van der Waals surface area (Å²) in [5.41, 5.74) is 0. The first kappa shape index (κ1) is 24.5. The Morgan fingerprint density at radius 2 is 1.06 bits per heavy atom. The van der Waals surface area contributed by atoms with E-state index >= 15 is 0 Å². The molecule has 0 aromatic carbocycles. The fraction of sp³-hybridized carbons (Fsp3) is 0.900. The number of hydrogen-bond donors (Lipinski definition) is 5. The zero-order chi connectivity index (χ0) is 14.1. The van der Waals surface area contributed by atoms with Crippen molar-refractivity contribution in [2.75, 3.05) is 13.2 Å². The second-order valence-corrected chi connectivity index (χ2v) is 2.63. The lowest BCUT2D eigenvalue weighted by Gasteiger charge is -2.03. The fourth-order valence-corrected chi connectivity index (χ4v) is 0. The van der Waals surface area contributed by atoms with Crippen LogP contribution in [0.3, 0.4) is 0 Å². The molecule has 0 radical (unpaired) electrons. The van der Waals surface area contributed by atoms with E-state index in [-0.39, 0.29) is 13.2 Å². The van der Waals surface area contributed by atoms with Crippen molar-refractivity contribution in [3.05, 3.63) is 0 Å². The van der Waals surface area contributed by atoms with E-state index in [2.05, 4.69) is 0 Å². The van der Waals surface area contributed by atoms with E-state index in [9.17, 15) is 0 Å². The summed E-state index contributed by atoms with van der Waals surface area (Å²) >= 11 is 0. The summed E-state index contributed by atoms with van der Waals surface area (Å²) in [6, 6.07) is 0. The molecule has 102 valence electrons. The van der Waals surface area contributed by atoms with Gasteiger partial charge in [-0.3, -0.25) is 4.79 Å². The van der Waals surface area contributed by atoms with E-state index in [4.69, 9.17) is 30.3 Å². The highest BCUT2D eigenvalue weighted by molar-refractivity contribution is 5.62. The van der Waals surface area contributed by atoms with Crippen molar-refractivity contribution in [2.24, 2.45) is 0 Å². The van der Waals surface area contributed by atoms with Crippen molar-refractivity contribution >= 4 is 5.97 Å². The summed E-state index contributed by atoms with van der Waals surface area (Å²) in [5, 5.41) is 39.3. The van der Waals surface area contributed by atoms with Gasteiger partial charge in [-0.05, 0) is 27.7 Å². The maximum Gasteiger partial charge on any atom is 0.300 e. The molecule has 0 saturated heterocycles. The Kier molecular flexibility index (Phi) is 36.5. The highest BCUT2D eigenvalue weighted by atomic mass is 16.4. The van der Waals surface area contributed by atoms with Crippen LogP contribution in [0.1, 0.15) is 34.6 Å². The number of aliphatic hydroxyl groups excluding tert-OH is 4. The molecule has 0 amide bonds. The van der Waals surface area contributed by atoms with Crippen LogP contribution in [-0.2, 0) is 4.79 Å². The summed E-state index contributed by atoms with van der Waals surface area (Å²) in [7, 11) is 0. The van der Waals surface area contributed by atoms with Gasteiger partial charge in [-0.2, -0.15) is 0 Å². The Hall–Kier alpha value is -0.690. The molecule has 0 heterocycles. The first-order valence-electron chi connectivity index (χ1n) is 4.98. The molecule has 16 heavy (non-hydrogen) atoms.